The monoisotopic (exact) mass is 262 g/mol. The minimum atomic E-state index is -0.334. The molecule has 1 aliphatic carbocycles. The molecule has 2 fully saturated rings. The number of nitrogens with one attached hydrogen (secondary N) is 2. The lowest BCUT2D eigenvalue weighted by molar-refractivity contribution is -0.127. The minimum Gasteiger partial charge on any atom is -0.391 e. The van der Waals surface area contributed by atoms with Crippen LogP contribution in [-0.2, 0) is 4.79 Å². The highest BCUT2D eigenvalue weighted by molar-refractivity contribution is 5.85. The number of amides is 1. The van der Waals surface area contributed by atoms with Gasteiger partial charge in [-0.25, -0.2) is 0 Å². The van der Waals surface area contributed by atoms with E-state index in [9.17, 15) is 9.90 Å². The van der Waals surface area contributed by atoms with Crippen LogP contribution in [0, 0.1) is 5.92 Å². The van der Waals surface area contributed by atoms with Crippen molar-refractivity contribution in [2.45, 2.75) is 50.7 Å². The van der Waals surface area contributed by atoms with Gasteiger partial charge in [0.2, 0.25) is 5.91 Å². The summed E-state index contributed by atoms with van der Waals surface area (Å²) in [5.74, 6) is 0.294. The van der Waals surface area contributed by atoms with Gasteiger partial charge in [0.05, 0.1) is 12.1 Å². The Balaban J connectivity index is 0.00000144. The van der Waals surface area contributed by atoms with Crippen molar-refractivity contribution in [3.05, 3.63) is 0 Å². The second-order valence-electron chi connectivity index (χ2n) is 4.99. The van der Waals surface area contributed by atoms with Crippen molar-refractivity contribution in [3.8, 4) is 0 Å². The summed E-state index contributed by atoms with van der Waals surface area (Å²) in [5, 5.41) is 16.1. The second kappa shape index (κ2) is 7.19. The number of carbonyl (C=O) groups is 1. The summed E-state index contributed by atoms with van der Waals surface area (Å²) >= 11 is 0. The van der Waals surface area contributed by atoms with E-state index in [0.717, 1.165) is 51.6 Å². The van der Waals surface area contributed by atoms with Crippen LogP contribution in [0.5, 0.6) is 0 Å². The van der Waals surface area contributed by atoms with Crippen molar-refractivity contribution in [2.24, 2.45) is 5.92 Å². The van der Waals surface area contributed by atoms with Gasteiger partial charge in [-0.1, -0.05) is 12.8 Å². The Hall–Kier alpha value is -0.320. The molecule has 100 valence electrons. The van der Waals surface area contributed by atoms with Gasteiger partial charge in [-0.05, 0) is 38.8 Å². The van der Waals surface area contributed by atoms with Crippen molar-refractivity contribution in [2.75, 3.05) is 13.1 Å². The number of hydrogen-bond acceptors (Lipinski definition) is 3. The van der Waals surface area contributed by atoms with E-state index in [1.165, 1.54) is 0 Å². The van der Waals surface area contributed by atoms with Gasteiger partial charge in [0, 0.05) is 5.92 Å². The summed E-state index contributed by atoms with van der Waals surface area (Å²) in [7, 11) is 0. The highest BCUT2D eigenvalue weighted by Gasteiger charge is 2.28. The van der Waals surface area contributed by atoms with Crippen LogP contribution in [0.1, 0.15) is 38.5 Å². The summed E-state index contributed by atoms with van der Waals surface area (Å²) in [4.78, 5) is 12.0. The number of carbonyl (C=O) groups excluding carboxylic acids is 1. The molecule has 1 heterocycles. The first-order valence-electron chi connectivity index (χ1n) is 6.46. The van der Waals surface area contributed by atoms with Crippen LogP contribution >= 0.6 is 12.4 Å². The third-order valence-corrected chi connectivity index (χ3v) is 3.77. The molecule has 2 rings (SSSR count). The number of aliphatic hydroxyl groups excluding tert-OH is 1. The molecule has 4 nitrogen and oxygen atoms in total. The smallest absolute Gasteiger partial charge is 0.223 e. The number of hydrogen-bond donors (Lipinski definition) is 3. The lowest BCUT2D eigenvalue weighted by atomic mass is 9.91. The van der Waals surface area contributed by atoms with E-state index in [2.05, 4.69) is 10.6 Å². The Bertz CT molecular complexity index is 245. The molecule has 5 heteroatoms. The summed E-state index contributed by atoms with van der Waals surface area (Å²) in [6, 6.07) is -0.00358. The average Bonchev–Trinajstić information content (AvgIpc) is 2.33. The van der Waals surface area contributed by atoms with Crippen LogP contribution in [0.15, 0.2) is 0 Å². The van der Waals surface area contributed by atoms with Gasteiger partial charge in [-0.3, -0.25) is 4.79 Å². The highest BCUT2D eigenvalue weighted by atomic mass is 35.5. The molecule has 0 spiro atoms. The van der Waals surface area contributed by atoms with Crippen LogP contribution in [-0.4, -0.2) is 36.2 Å². The van der Waals surface area contributed by atoms with E-state index < -0.39 is 0 Å². The maximum atomic E-state index is 12.0. The first-order chi connectivity index (χ1) is 7.77. The summed E-state index contributed by atoms with van der Waals surface area (Å²) in [6.07, 6.45) is 5.48. The molecule has 1 saturated heterocycles. The first-order valence-corrected chi connectivity index (χ1v) is 6.46. The van der Waals surface area contributed by atoms with Crippen molar-refractivity contribution in [1.82, 2.24) is 10.6 Å². The van der Waals surface area contributed by atoms with E-state index >= 15 is 0 Å². The summed E-state index contributed by atoms with van der Waals surface area (Å²) in [5.41, 5.74) is 0. The molecule has 0 aromatic rings. The van der Waals surface area contributed by atoms with Gasteiger partial charge >= 0.3 is 0 Å². The van der Waals surface area contributed by atoms with Gasteiger partial charge in [-0.2, -0.15) is 0 Å². The van der Waals surface area contributed by atoms with Gasteiger partial charge in [-0.15, -0.1) is 12.4 Å². The van der Waals surface area contributed by atoms with Gasteiger partial charge < -0.3 is 15.7 Å². The molecule has 17 heavy (non-hydrogen) atoms. The molecule has 1 amide bonds. The molecular weight excluding hydrogens is 240 g/mol. The SMILES string of the molecule is Cl.O=C(NC1CCCCC1O)C1CCNCC1. The maximum Gasteiger partial charge on any atom is 0.223 e. The fourth-order valence-electron chi connectivity index (χ4n) is 2.66. The molecule has 1 aliphatic heterocycles. The molecule has 2 unspecified atom stereocenters. The predicted octanol–water partition coefficient (Wildman–Crippen LogP) is 0.827. The normalized spacial score (nSPS) is 30.4. The van der Waals surface area contributed by atoms with Crippen molar-refractivity contribution >= 4 is 18.3 Å². The van der Waals surface area contributed by atoms with E-state index in [1.807, 2.05) is 0 Å². The Morgan fingerprint density at radius 1 is 1.12 bits per heavy atom. The molecule has 0 aromatic carbocycles. The zero-order valence-corrected chi connectivity index (χ0v) is 11.0. The Kier molecular flexibility index (Phi) is 6.23. The molecule has 3 N–H and O–H groups in total. The Morgan fingerprint density at radius 2 is 1.76 bits per heavy atom. The maximum absolute atomic E-state index is 12.0. The molecule has 0 bridgehead atoms. The van der Waals surface area contributed by atoms with Crippen molar-refractivity contribution in [1.29, 1.82) is 0 Å². The first kappa shape index (κ1) is 14.7. The predicted molar refractivity (Wildman–Crippen MR) is 69.2 cm³/mol. The van der Waals surface area contributed by atoms with Crippen LogP contribution < -0.4 is 10.6 Å². The standard InChI is InChI=1S/C12H22N2O2.ClH/c15-11-4-2-1-3-10(11)14-12(16)9-5-7-13-8-6-9;/h9-11,13,15H,1-8H2,(H,14,16);1H. The van der Waals surface area contributed by atoms with Crippen LogP contribution in [0.2, 0.25) is 0 Å². The van der Waals surface area contributed by atoms with Crippen molar-refractivity contribution in [3.63, 3.8) is 0 Å². The zero-order valence-electron chi connectivity index (χ0n) is 10.2. The van der Waals surface area contributed by atoms with Crippen LogP contribution in [0.4, 0.5) is 0 Å². The third kappa shape index (κ3) is 4.12. The van der Waals surface area contributed by atoms with E-state index in [1.54, 1.807) is 0 Å². The fraction of sp³-hybridized carbons (Fsp3) is 0.917. The highest BCUT2D eigenvalue weighted by Crippen LogP contribution is 2.20. The quantitative estimate of drug-likeness (QED) is 0.691. The number of piperidine rings is 1. The van der Waals surface area contributed by atoms with E-state index in [4.69, 9.17) is 0 Å². The second-order valence-corrected chi connectivity index (χ2v) is 4.99. The Labute approximate surface area is 109 Å². The molecule has 1 saturated carbocycles. The van der Waals surface area contributed by atoms with Crippen LogP contribution in [0.25, 0.3) is 0 Å². The fourth-order valence-corrected chi connectivity index (χ4v) is 2.66. The largest absolute Gasteiger partial charge is 0.391 e. The van der Waals surface area contributed by atoms with Gasteiger partial charge in [0.25, 0.3) is 0 Å². The van der Waals surface area contributed by atoms with Gasteiger partial charge in [0.1, 0.15) is 0 Å². The molecule has 0 aromatic heterocycles. The van der Waals surface area contributed by atoms with Crippen LogP contribution in [0.3, 0.4) is 0 Å². The van der Waals surface area contributed by atoms with Crippen molar-refractivity contribution < 1.29 is 9.90 Å². The number of aliphatic hydroxyl groups is 1. The average molecular weight is 263 g/mol. The lowest BCUT2D eigenvalue weighted by Crippen LogP contribution is -2.48. The minimum absolute atomic E-state index is 0. The molecular formula is C12H23ClN2O2. The number of halogens is 1. The van der Waals surface area contributed by atoms with Gasteiger partial charge in [0.15, 0.2) is 0 Å². The molecule has 2 atom stereocenters. The topological polar surface area (TPSA) is 61.4 Å². The summed E-state index contributed by atoms with van der Waals surface area (Å²) < 4.78 is 0. The third-order valence-electron chi connectivity index (χ3n) is 3.77. The van der Waals surface area contributed by atoms with E-state index in [0.29, 0.717) is 0 Å². The van der Waals surface area contributed by atoms with E-state index in [-0.39, 0.29) is 36.4 Å². The molecule has 0 radical (unpaired) electrons. The lowest BCUT2D eigenvalue weighted by Gasteiger charge is -2.30. The summed E-state index contributed by atoms with van der Waals surface area (Å²) in [6.45, 7) is 1.87. The number of rotatable bonds is 2. The molecule has 2 aliphatic rings. The zero-order chi connectivity index (χ0) is 11.4. The Morgan fingerprint density at radius 3 is 2.41 bits per heavy atom.